The van der Waals surface area contributed by atoms with Gasteiger partial charge in [0.1, 0.15) is 0 Å². The lowest BCUT2D eigenvalue weighted by atomic mass is 9.79. The third-order valence-electron chi connectivity index (χ3n) is 3.74. The van der Waals surface area contributed by atoms with Gasteiger partial charge in [-0.15, -0.1) is 0 Å². The fraction of sp³-hybridized carbons (Fsp3) is 0.375. The lowest BCUT2D eigenvalue weighted by molar-refractivity contribution is 0.508. The van der Waals surface area contributed by atoms with E-state index >= 15 is 0 Å². The van der Waals surface area contributed by atoms with Crippen molar-refractivity contribution in [1.29, 1.82) is 0 Å². The second-order valence-corrected chi connectivity index (χ2v) is 6.01. The number of allylic oxidation sites excluding steroid dienone is 2. The molecule has 1 nitrogen and oxygen atoms in total. The molecule has 3 rings (SSSR count). The number of benzene rings is 1. The number of anilines is 1. The van der Waals surface area contributed by atoms with Crippen LogP contribution in [-0.4, -0.2) is 6.04 Å². The summed E-state index contributed by atoms with van der Waals surface area (Å²) in [6, 6.07) is 9.08. The first kappa shape index (κ1) is 10.6. The maximum Gasteiger partial charge on any atom is 0.0552 e. The van der Waals surface area contributed by atoms with Crippen molar-refractivity contribution in [3.63, 3.8) is 0 Å². The highest BCUT2D eigenvalue weighted by Crippen LogP contribution is 2.42. The second kappa shape index (κ2) is 3.49. The molecule has 88 valence electrons. The molecule has 0 amide bonds. The van der Waals surface area contributed by atoms with Gasteiger partial charge in [0, 0.05) is 11.6 Å². The summed E-state index contributed by atoms with van der Waals surface area (Å²) in [5.41, 5.74) is 4.40. The van der Waals surface area contributed by atoms with Crippen molar-refractivity contribution < 1.29 is 0 Å². The predicted molar refractivity (Wildman–Crippen MR) is 73.3 cm³/mol. The van der Waals surface area contributed by atoms with Gasteiger partial charge in [0.15, 0.2) is 0 Å². The van der Waals surface area contributed by atoms with Crippen molar-refractivity contribution in [2.24, 2.45) is 5.41 Å². The van der Waals surface area contributed by atoms with Crippen LogP contribution in [0.5, 0.6) is 0 Å². The van der Waals surface area contributed by atoms with E-state index in [1.54, 1.807) is 0 Å². The maximum absolute atomic E-state index is 3.58. The minimum Gasteiger partial charge on any atom is -0.378 e. The smallest absolute Gasteiger partial charge is 0.0552 e. The molecule has 0 fully saturated rings. The van der Waals surface area contributed by atoms with Crippen LogP contribution in [0.3, 0.4) is 0 Å². The minimum absolute atomic E-state index is 0.235. The molecule has 1 aromatic carbocycles. The lowest BCUT2D eigenvalue weighted by Crippen LogP contribution is -2.22. The zero-order valence-corrected chi connectivity index (χ0v) is 10.7. The van der Waals surface area contributed by atoms with E-state index in [2.05, 4.69) is 68.6 Å². The van der Waals surface area contributed by atoms with Crippen molar-refractivity contribution in [2.75, 3.05) is 5.32 Å². The monoisotopic (exact) mass is 225 g/mol. The van der Waals surface area contributed by atoms with Crippen LogP contribution in [0.1, 0.15) is 32.3 Å². The number of nitrogens with one attached hydrogen (secondary N) is 1. The van der Waals surface area contributed by atoms with Gasteiger partial charge in [-0.3, -0.25) is 0 Å². The Balaban J connectivity index is 2.03. The quantitative estimate of drug-likeness (QED) is 0.700. The molecule has 2 aliphatic rings. The third kappa shape index (κ3) is 1.70. The Morgan fingerprint density at radius 1 is 1.12 bits per heavy atom. The lowest BCUT2D eigenvalue weighted by Gasteiger charge is -2.27. The Labute approximate surface area is 103 Å². The molecule has 0 bridgehead atoms. The van der Waals surface area contributed by atoms with E-state index in [4.69, 9.17) is 0 Å². The van der Waals surface area contributed by atoms with Crippen molar-refractivity contribution >= 4 is 5.69 Å². The highest BCUT2D eigenvalue weighted by Gasteiger charge is 2.32. The summed E-state index contributed by atoms with van der Waals surface area (Å²) in [7, 11) is 0. The molecule has 2 unspecified atom stereocenters. The van der Waals surface area contributed by atoms with Gasteiger partial charge in [0.05, 0.1) is 6.04 Å². The van der Waals surface area contributed by atoms with Crippen molar-refractivity contribution in [1.82, 2.24) is 0 Å². The van der Waals surface area contributed by atoms with Gasteiger partial charge >= 0.3 is 0 Å². The molecule has 0 saturated heterocycles. The Bertz CT molecular complexity index is 503. The molecule has 1 aromatic rings. The van der Waals surface area contributed by atoms with Gasteiger partial charge in [0.2, 0.25) is 0 Å². The average Bonchev–Trinajstić information content (AvgIpc) is 2.65. The molecule has 17 heavy (non-hydrogen) atoms. The van der Waals surface area contributed by atoms with E-state index < -0.39 is 0 Å². The van der Waals surface area contributed by atoms with Crippen LogP contribution >= 0.6 is 0 Å². The minimum atomic E-state index is 0.235. The standard InChI is InChI=1S/C16H19N/c1-16(2,3)11-8-9-15-13(10-11)12-6-4-5-7-14(12)17-15/h4-10,13,15,17H,1-3H3. The normalized spacial score (nSPS) is 25.9. The van der Waals surface area contributed by atoms with Crippen molar-refractivity contribution in [3.8, 4) is 0 Å². The van der Waals surface area contributed by atoms with Crippen LogP contribution in [0.15, 0.2) is 48.1 Å². The number of rotatable bonds is 0. The summed E-state index contributed by atoms with van der Waals surface area (Å²) in [5, 5.41) is 3.58. The van der Waals surface area contributed by atoms with Gasteiger partial charge in [-0.1, -0.05) is 57.2 Å². The number of hydrogen-bond donors (Lipinski definition) is 1. The van der Waals surface area contributed by atoms with Crippen LogP contribution in [0.2, 0.25) is 0 Å². The number of hydrogen-bond acceptors (Lipinski definition) is 1. The predicted octanol–water partition coefficient (Wildman–Crippen LogP) is 4.11. The van der Waals surface area contributed by atoms with Crippen LogP contribution in [0.25, 0.3) is 0 Å². The van der Waals surface area contributed by atoms with Crippen LogP contribution in [0, 0.1) is 5.41 Å². The Hall–Kier alpha value is -1.50. The number of para-hydroxylation sites is 1. The van der Waals surface area contributed by atoms with Crippen LogP contribution < -0.4 is 5.32 Å². The van der Waals surface area contributed by atoms with Gasteiger partial charge in [-0.05, 0) is 22.6 Å². The summed E-state index contributed by atoms with van der Waals surface area (Å²) in [4.78, 5) is 0. The largest absolute Gasteiger partial charge is 0.378 e. The van der Waals surface area contributed by atoms with Crippen LogP contribution in [-0.2, 0) is 0 Å². The zero-order valence-electron chi connectivity index (χ0n) is 10.7. The topological polar surface area (TPSA) is 12.0 Å². The molecule has 1 aliphatic carbocycles. The molecular weight excluding hydrogens is 206 g/mol. The van der Waals surface area contributed by atoms with Gasteiger partial charge in [0.25, 0.3) is 0 Å². The van der Waals surface area contributed by atoms with Gasteiger partial charge < -0.3 is 5.32 Å². The summed E-state index contributed by atoms with van der Waals surface area (Å²) in [6.07, 6.45) is 7.02. The molecule has 0 aromatic heterocycles. The van der Waals surface area contributed by atoms with E-state index in [0.29, 0.717) is 12.0 Å². The molecule has 1 N–H and O–H groups in total. The fourth-order valence-corrected chi connectivity index (χ4v) is 2.70. The summed E-state index contributed by atoms with van der Waals surface area (Å²) in [6.45, 7) is 6.83. The van der Waals surface area contributed by atoms with Gasteiger partial charge in [-0.2, -0.15) is 0 Å². The van der Waals surface area contributed by atoms with E-state index in [-0.39, 0.29) is 5.41 Å². The Morgan fingerprint density at radius 3 is 2.65 bits per heavy atom. The summed E-state index contributed by atoms with van der Waals surface area (Å²) < 4.78 is 0. The first-order valence-corrected chi connectivity index (χ1v) is 6.32. The van der Waals surface area contributed by atoms with E-state index in [1.165, 1.54) is 16.8 Å². The number of fused-ring (bicyclic) bond motifs is 3. The summed E-state index contributed by atoms with van der Waals surface area (Å²) >= 11 is 0. The first-order chi connectivity index (χ1) is 8.05. The molecule has 0 saturated carbocycles. The maximum atomic E-state index is 3.58. The Morgan fingerprint density at radius 2 is 1.88 bits per heavy atom. The van der Waals surface area contributed by atoms with E-state index in [0.717, 1.165) is 0 Å². The SMILES string of the molecule is CC(C)(C)C1=CC2c3ccccc3NC2C=C1. The van der Waals surface area contributed by atoms with Gasteiger partial charge in [-0.25, -0.2) is 0 Å². The molecule has 2 atom stereocenters. The van der Waals surface area contributed by atoms with Crippen LogP contribution in [0.4, 0.5) is 5.69 Å². The molecule has 0 radical (unpaired) electrons. The Kier molecular flexibility index (Phi) is 2.19. The highest BCUT2D eigenvalue weighted by atomic mass is 15.0. The fourth-order valence-electron chi connectivity index (χ4n) is 2.70. The molecule has 0 spiro atoms. The highest BCUT2D eigenvalue weighted by molar-refractivity contribution is 5.63. The zero-order chi connectivity index (χ0) is 12.0. The van der Waals surface area contributed by atoms with Crippen molar-refractivity contribution in [3.05, 3.63) is 53.6 Å². The summed E-state index contributed by atoms with van der Waals surface area (Å²) in [5.74, 6) is 0.505. The second-order valence-electron chi connectivity index (χ2n) is 6.01. The van der Waals surface area contributed by atoms with E-state index in [9.17, 15) is 0 Å². The average molecular weight is 225 g/mol. The molecular formula is C16H19N. The van der Waals surface area contributed by atoms with Crippen molar-refractivity contribution in [2.45, 2.75) is 32.7 Å². The first-order valence-electron chi connectivity index (χ1n) is 6.32. The molecule has 1 heteroatoms. The molecule has 1 aliphatic heterocycles. The third-order valence-corrected chi connectivity index (χ3v) is 3.74. The molecule has 1 heterocycles. The van der Waals surface area contributed by atoms with E-state index in [1.807, 2.05) is 0 Å².